The van der Waals surface area contributed by atoms with Crippen LogP contribution < -0.4 is 0 Å². The molecule has 25 heavy (non-hydrogen) atoms. The molecule has 0 amide bonds. The molecule has 4 heterocycles. The highest BCUT2D eigenvalue weighted by molar-refractivity contribution is 7.99. The van der Waals surface area contributed by atoms with E-state index >= 15 is 0 Å². The molecule has 4 aromatic rings. The Hall–Kier alpha value is -2.39. The van der Waals surface area contributed by atoms with Gasteiger partial charge in [0.1, 0.15) is 5.76 Å². The van der Waals surface area contributed by atoms with Crippen LogP contribution >= 0.6 is 23.1 Å². The molecule has 0 bridgehead atoms. The zero-order valence-corrected chi connectivity index (χ0v) is 15.5. The molecule has 0 aliphatic rings. The molecular weight excluding hydrogens is 358 g/mol. The minimum absolute atomic E-state index is 0.0394. The van der Waals surface area contributed by atoms with Crippen molar-refractivity contribution in [3.05, 3.63) is 41.5 Å². The third-order valence-corrected chi connectivity index (χ3v) is 5.72. The highest BCUT2D eigenvalue weighted by atomic mass is 32.2. The Balaban J connectivity index is 1.55. The van der Waals surface area contributed by atoms with Crippen LogP contribution in [0, 0.1) is 6.92 Å². The summed E-state index contributed by atoms with van der Waals surface area (Å²) in [5, 5.41) is 19.6. The number of aryl methyl sites for hydroxylation is 1. The number of hydrogen-bond donors (Lipinski definition) is 0. The topological polar surface area (TPSA) is 82.8 Å². The molecule has 0 saturated heterocycles. The van der Waals surface area contributed by atoms with Gasteiger partial charge < -0.3 is 13.4 Å². The summed E-state index contributed by atoms with van der Waals surface area (Å²) in [5.41, 5.74) is 0.937. The van der Waals surface area contributed by atoms with Crippen molar-refractivity contribution in [2.24, 2.45) is 7.05 Å². The highest BCUT2D eigenvalue weighted by Gasteiger charge is 2.21. The Labute approximate surface area is 152 Å². The van der Waals surface area contributed by atoms with E-state index in [1.54, 1.807) is 17.6 Å². The van der Waals surface area contributed by atoms with Gasteiger partial charge in [0.25, 0.3) is 5.89 Å². The Morgan fingerprint density at radius 2 is 2.08 bits per heavy atom. The molecule has 0 aromatic carbocycles. The van der Waals surface area contributed by atoms with Crippen molar-refractivity contribution in [3.8, 4) is 22.2 Å². The van der Waals surface area contributed by atoms with E-state index in [2.05, 4.69) is 20.4 Å². The molecule has 1 atom stereocenters. The normalized spacial score (nSPS) is 12.6. The summed E-state index contributed by atoms with van der Waals surface area (Å²) in [5.74, 6) is 2.70. The third-order valence-electron chi connectivity index (χ3n) is 3.74. The predicted molar refractivity (Wildman–Crippen MR) is 95.3 cm³/mol. The maximum absolute atomic E-state index is 5.79. The molecule has 7 nitrogen and oxygen atoms in total. The first-order valence-electron chi connectivity index (χ1n) is 7.61. The zero-order valence-electron chi connectivity index (χ0n) is 13.8. The first-order valence-corrected chi connectivity index (χ1v) is 9.37. The van der Waals surface area contributed by atoms with Crippen molar-refractivity contribution in [1.82, 2.24) is 25.0 Å². The fourth-order valence-corrected chi connectivity index (χ4v) is 3.87. The maximum Gasteiger partial charge on any atom is 0.257 e. The second-order valence-electron chi connectivity index (χ2n) is 5.44. The van der Waals surface area contributed by atoms with Gasteiger partial charge in [-0.1, -0.05) is 17.8 Å². The third kappa shape index (κ3) is 3.00. The summed E-state index contributed by atoms with van der Waals surface area (Å²) in [6.45, 7) is 3.91. The van der Waals surface area contributed by atoms with Crippen molar-refractivity contribution in [2.75, 3.05) is 0 Å². The number of thiophene rings is 1. The first-order chi connectivity index (χ1) is 12.1. The Morgan fingerprint density at radius 1 is 1.20 bits per heavy atom. The molecule has 0 aliphatic heterocycles. The number of nitrogens with zero attached hydrogens (tertiary/aromatic N) is 5. The van der Waals surface area contributed by atoms with Gasteiger partial charge >= 0.3 is 0 Å². The monoisotopic (exact) mass is 373 g/mol. The molecule has 1 unspecified atom stereocenters. The molecule has 4 rings (SSSR count). The molecular formula is C16H15N5O2S2. The fourth-order valence-electron chi connectivity index (χ4n) is 2.38. The molecule has 0 N–H and O–H groups in total. The van der Waals surface area contributed by atoms with Crippen LogP contribution in [-0.4, -0.2) is 25.0 Å². The van der Waals surface area contributed by atoms with E-state index in [0.717, 1.165) is 27.2 Å². The lowest BCUT2D eigenvalue weighted by molar-refractivity contribution is 0.509. The number of furan rings is 1. The van der Waals surface area contributed by atoms with Crippen LogP contribution in [0.5, 0.6) is 0 Å². The van der Waals surface area contributed by atoms with E-state index in [0.29, 0.717) is 11.8 Å². The smallest absolute Gasteiger partial charge is 0.257 e. The summed E-state index contributed by atoms with van der Waals surface area (Å²) in [4.78, 5) is 0.965. The van der Waals surface area contributed by atoms with Crippen LogP contribution in [0.4, 0.5) is 0 Å². The molecule has 0 aliphatic carbocycles. The summed E-state index contributed by atoms with van der Waals surface area (Å²) in [6.07, 6.45) is 1.65. The SMILES string of the molecule is Cc1occc1-c1nnc(SC(C)c2nnc(-c3cccs3)o2)n1C. The summed E-state index contributed by atoms with van der Waals surface area (Å²) >= 11 is 3.10. The van der Waals surface area contributed by atoms with Gasteiger partial charge in [-0.25, -0.2) is 0 Å². The molecule has 128 valence electrons. The van der Waals surface area contributed by atoms with Gasteiger partial charge in [0.2, 0.25) is 5.89 Å². The number of thioether (sulfide) groups is 1. The van der Waals surface area contributed by atoms with Crippen LogP contribution in [-0.2, 0) is 7.05 Å². The lowest BCUT2D eigenvalue weighted by Gasteiger charge is -2.06. The average Bonchev–Trinajstić information content (AvgIpc) is 3.35. The predicted octanol–water partition coefficient (Wildman–Crippen LogP) is 4.35. The lowest BCUT2D eigenvalue weighted by Crippen LogP contribution is -1.97. The molecule has 4 aromatic heterocycles. The van der Waals surface area contributed by atoms with E-state index in [1.165, 1.54) is 11.8 Å². The number of aromatic nitrogens is 5. The molecule has 0 saturated carbocycles. The van der Waals surface area contributed by atoms with Crippen LogP contribution in [0.2, 0.25) is 0 Å². The number of rotatable bonds is 5. The highest BCUT2D eigenvalue weighted by Crippen LogP contribution is 2.36. The van der Waals surface area contributed by atoms with Crippen molar-refractivity contribution in [3.63, 3.8) is 0 Å². The first kappa shape index (κ1) is 16.1. The van der Waals surface area contributed by atoms with Gasteiger partial charge in [-0.05, 0) is 31.4 Å². The maximum atomic E-state index is 5.79. The van der Waals surface area contributed by atoms with Crippen molar-refractivity contribution < 1.29 is 8.83 Å². The van der Waals surface area contributed by atoms with E-state index in [9.17, 15) is 0 Å². The number of hydrogen-bond acceptors (Lipinski definition) is 8. The fraction of sp³-hybridized carbons (Fsp3) is 0.250. The zero-order chi connectivity index (χ0) is 17.4. The average molecular weight is 373 g/mol. The van der Waals surface area contributed by atoms with Gasteiger partial charge in [-0.3, -0.25) is 0 Å². The van der Waals surface area contributed by atoms with Gasteiger partial charge in [0, 0.05) is 7.05 Å². The van der Waals surface area contributed by atoms with Crippen molar-refractivity contribution in [2.45, 2.75) is 24.3 Å². The van der Waals surface area contributed by atoms with E-state index in [-0.39, 0.29) is 5.25 Å². The van der Waals surface area contributed by atoms with Crippen molar-refractivity contribution >= 4 is 23.1 Å². The molecule has 9 heteroatoms. The lowest BCUT2D eigenvalue weighted by atomic mass is 10.2. The van der Waals surface area contributed by atoms with E-state index < -0.39 is 0 Å². The molecule has 0 fully saturated rings. The van der Waals surface area contributed by atoms with Gasteiger partial charge in [-0.15, -0.1) is 31.7 Å². The Bertz CT molecular complexity index is 986. The summed E-state index contributed by atoms with van der Waals surface area (Å²) in [7, 11) is 1.93. The molecule has 0 radical (unpaired) electrons. The van der Waals surface area contributed by atoms with Crippen LogP contribution in [0.25, 0.3) is 22.2 Å². The summed E-state index contributed by atoms with van der Waals surface area (Å²) < 4.78 is 13.1. The van der Waals surface area contributed by atoms with E-state index in [1.807, 2.05) is 49.0 Å². The van der Waals surface area contributed by atoms with Gasteiger partial charge in [-0.2, -0.15) is 0 Å². The second-order valence-corrected chi connectivity index (χ2v) is 7.69. The van der Waals surface area contributed by atoms with E-state index in [4.69, 9.17) is 8.83 Å². The van der Waals surface area contributed by atoms with Gasteiger partial charge in [0.15, 0.2) is 11.0 Å². The summed E-state index contributed by atoms with van der Waals surface area (Å²) in [6, 6.07) is 5.81. The van der Waals surface area contributed by atoms with Crippen molar-refractivity contribution in [1.29, 1.82) is 0 Å². The largest absolute Gasteiger partial charge is 0.469 e. The minimum atomic E-state index is -0.0394. The Kier molecular flexibility index (Phi) is 4.18. The van der Waals surface area contributed by atoms with Crippen LogP contribution in [0.15, 0.2) is 43.8 Å². The molecule has 0 spiro atoms. The van der Waals surface area contributed by atoms with Crippen LogP contribution in [0.3, 0.4) is 0 Å². The minimum Gasteiger partial charge on any atom is -0.469 e. The van der Waals surface area contributed by atoms with Crippen LogP contribution in [0.1, 0.15) is 23.8 Å². The quantitative estimate of drug-likeness (QED) is 0.481. The standard InChI is InChI=1S/C16H15N5O2S2/c1-9-11(6-7-22-9)13-17-20-16(21(13)3)25-10(2)14-18-19-15(23-14)12-5-4-8-24-12/h4-8,10H,1-3H3. The second kappa shape index (κ2) is 6.49. The Morgan fingerprint density at radius 3 is 2.80 bits per heavy atom. The van der Waals surface area contributed by atoms with Gasteiger partial charge in [0.05, 0.1) is 22.0 Å².